The van der Waals surface area contributed by atoms with Gasteiger partial charge in [0.25, 0.3) is 0 Å². The molecule has 0 saturated heterocycles. The van der Waals surface area contributed by atoms with E-state index in [1.165, 1.54) is 0 Å². The predicted molar refractivity (Wildman–Crippen MR) is 111 cm³/mol. The first kappa shape index (κ1) is 16.4. The average molecular weight is 366 g/mol. The van der Waals surface area contributed by atoms with Gasteiger partial charge in [-0.2, -0.15) is 0 Å². The second-order valence-corrected chi connectivity index (χ2v) is 6.84. The summed E-state index contributed by atoms with van der Waals surface area (Å²) in [5.41, 5.74) is 3.64. The monoisotopic (exact) mass is 366 g/mol. The van der Waals surface area contributed by atoms with E-state index in [9.17, 15) is 4.79 Å². The van der Waals surface area contributed by atoms with E-state index < -0.39 is 0 Å². The highest BCUT2D eigenvalue weighted by Crippen LogP contribution is 2.28. The fourth-order valence-corrected chi connectivity index (χ4v) is 3.71. The lowest BCUT2D eigenvalue weighted by molar-refractivity contribution is 0.631. The molecular weight excluding hydrogens is 348 g/mol. The molecule has 5 nitrogen and oxygen atoms in total. The van der Waals surface area contributed by atoms with Gasteiger partial charge in [-0.15, -0.1) is 0 Å². The van der Waals surface area contributed by atoms with Gasteiger partial charge < -0.3 is 0 Å². The van der Waals surface area contributed by atoms with Gasteiger partial charge in [-0.25, -0.2) is 14.8 Å². The maximum absolute atomic E-state index is 12.6. The molecule has 0 aliphatic carbocycles. The Bertz CT molecular complexity index is 1350. The minimum atomic E-state index is -0.207. The first-order valence-corrected chi connectivity index (χ1v) is 9.23. The number of nitrogens with one attached hydrogen (secondary N) is 1. The topological polar surface area (TPSA) is 63.6 Å². The van der Waals surface area contributed by atoms with Crippen molar-refractivity contribution in [1.29, 1.82) is 0 Å². The van der Waals surface area contributed by atoms with Gasteiger partial charge in [0, 0.05) is 5.56 Å². The van der Waals surface area contributed by atoms with E-state index in [-0.39, 0.29) is 11.7 Å². The van der Waals surface area contributed by atoms with Crippen molar-refractivity contribution < 1.29 is 0 Å². The van der Waals surface area contributed by atoms with Gasteiger partial charge in [0.1, 0.15) is 0 Å². The number of benzene rings is 3. The van der Waals surface area contributed by atoms with Gasteiger partial charge in [0.15, 0.2) is 11.3 Å². The van der Waals surface area contributed by atoms with Crippen molar-refractivity contribution in [2.75, 3.05) is 0 Å². The van der Waals surface area contributed by atoms with Crippen molar-refractivity contribution in [2.24, 2.45) is 0 Å². The van der Waals surface area contributed by atoms with E-state index in [2.05, 4.69) is 28.2 Å². The van der Waals surface area contributed by atoms with Crippen LogP contribution in [0.5, 0.6) is 0 Å². The Hall–Kier alpha value is -3.73. The molecule has 2 aromatic heterocycles. The Balaban J connectivity index is 1.72. The maximum atomic E-state index is 12.6. The number of hydrogen-bond donors (Lipinski definition) is 1. The second kappa shape index (κ2) is 6.46. The normalized spacial score (nSPS) is 12.5. The molecule has 2 heterocycles. The smallest absolute Gasteiger partial charge is 0.289 e. The quantitative estimate of drug-likeness (QED) is 0.509. The molecule has 0 amide bonds. The van der Waals surface area contributed by atoms with Crippen LogP contribution in [0.3, 0.4) is 0 Å². The summed E-state index contributed by atoms with van der Waals surface area (Å²) >= 11 is 0. The molecule has 0 fully saturated rings. The fourth-order valence-electron chi connectivity index (χ4n) is 3.71. The van der Waals surface area contributed by atoms with Crippen LogP contribution < -0.4 is 5.69 Å². The lowest BCUT2D eigenvalue weighted by Gasteiger charge is -2.13. The third-order valence-corrected chi connectivity index (χ3v) is 5.16. The number of H-pyrrole nitrogens is 1. The SMILES string of the molecule is C[C@H](c1ccccc1)n1c(=O)[nH]c2ncc(-c3cccc4ccccc34)nc21. The summed E-state index contributed by atoms with van der Waals surface area (Å²) in [4.78, 5) is 24.8. The van der Waals surface area contributed by atoms with E-state index in [1.54, 1.807) is 10.8 Å². The first-order chi connectivity index (χ1) is 13.7. The Morgan fingerprint density at radius 2 is 1.68 bits per heavy atom. The second-order valence-electron chi connectivity index (χ2n) is 6.84. The predicted octanol–water partition coefficient (Wildman–Crippen LogP) is 4.55. The zero-order valence-electron chi connectivity index (χ0n) is 15.3. The molecule has 0 unspecified atom stereocenters. The number of imidazole rings is 1. The zero-order valence-corrected chi connectivity index (χ0v) is 15.3. The average Bonchev–Trinajstić information content (AvgIpc) is 3.08. The van der Waals surface area contributed by atoms with Gasteiger partial charge in [-0.1, -0.05) is 72.8 Å². The van der Waals surface area contributed by atoms with Crippen molar-refractivity contribution in [1.82, 2.24) is 19.5 Å². The van der Waals surface area contributed by atoms with E-state index in [4.69, 9.17) is 4.98 Å². The van der Waals surface area contributed by atoms with Crippen molar-refractivity contribution in [3.05, 3.63) is 95.0 Å². The maximum Gasteiger partial charge on any atom is 0.329 e. The van der Waals surface area contributed by atoms with E-state index in [0.29, 0.717) is 11.3 Å². The summed E-state index contributed by atoms with van der Waals surface area (Å²) in [5, 5.41) is 2.25. The fraction of sp³-hybridized carbons (Fsp3) is 0.0870. The van der Waals surface area contributed by atoms with Crippen LogP contribution >= 0.6 is 0 Å². The van der Waals surface area contributed by atoms with Gasteiger partial charge in [-0.3, -0.25) is 9.55 Å². The standard InChI is InChI=1S/C23H18N4O/c1-15(16-8-3-2-4-9-16)27-22-21(26-23(27)28)24-14-20(25-22)19-13-7-11-17-10-5-6-12-18(17)19/h2-15H,1H3,(H,24,26,28)/t15-/m1/s1. The number of nitrogens with zero attached hydrogens (tertiary/aromatic N) is 3. The summed E-state index contributed by atoms with van der Waals surface area (Å²) < 4.78 is 1.67. The van der Waals surface area contributed by atoms with Crippen LogP contribution in [0.15, 0.2) is 83.8 Å². The Kier molecular flexibility index (Phi) is 3.79. The molecule has 5 rings (SSSR count). The number of aromatic nitrogens is 4. The summed E-state index contributed by atoms with van der Waals surface area (Å²) in [6.07, 6.45) is 1.72. The molecular formula is C23H18N4O. The van der Waals surface area contributed by atoms with Crippen LogP contribution in [0, 0.1) is 0 Å². The highest BCUT2D eigenvalue weighted by molar-refractivity contribution is 5.96. The van der Waals surface area contributed by atoms with Crippen LogP contribution in [0.2, 0.25) is 0 Å². The highest BCUT2D eigenvalue weighted by atomic mass is 16.1. The molecule has 1 N–H and O–H groups in total. The van der Waals surface area contributed by atoms with Gasteiger partial charge in [0.2, 0.25) is 0 Å². The Morgan fingerprint density at radius 1 is 0.929 bits per heavy atom. The zero-order chi connectivity index (χ0) is 19.1. The van der Waals surface area contributed by atoms with E-state index in [1.807, 2.05) is 61.5 Å². The lowest BCUT2D eigenvalue weighted by atomic mass is 10.0. The van der Waals surface area contributed by atoms with Crippen molar-refractivity contribution in [2.45, 2.75) is 13.0 Å². The summed E-state index contributed by atoms with van der Waals surface area (Å²) in [7, 11) is 0. The summed E-state index contributed by atoms with van der Waals surface area (Å²) in [6, 6.07) is 24.1. The lowest BCUT2D eigenvalue weighted by Crippen LogP contribution is -2.21. The number of fused-ring (bicyclic) bond motifs is 2. The van der Waals surface area contributed by atoms with Crippen LogP contribution in [0.1, 0.15) is 18.5 Å². The largest absolute Gasteiger partial charge is 0.329 e. The minimum Gasteiger partial charge on any atom is -0.289 e. The molecule has 3 aromatic carbocycles. The minimum absolute atomic E-state index is 0.153. The molecule has 0 radical (unpaired) electrons. The number of rotatable bonds is 3. The highest BCUT2D eigenvalue weighted by Gasteiger charge is 2.18. The Labute approximate surface area is 161 Å². The molecule has 0 bridgehead atoms. The van der Waals surface area contributed by atoms with Crippen LogP contribution in [-0.2, 0) is 0 Å². The van der Waals surface area contributed by atoms with Crippen molar-refractivity contribution >= 4 is 22.1 Å². The number of hydrogen-bond acceptors (Lipinski definition) is 3. The Morgan fingerprint density at radius 3 is 2.54 bits per heavy atom. The molecule has 0 spiro atoms. The summed E-state index contributed by atoms with van der Waals surface area (Å²) in [6.45, 7) is 2.00. The summed E-state index contributed by atoms with van der Waals surface area (Å²) in [5.74, 6) is 0. The number of aromatic amines is 1. The van der Waals surface area contributed by atoms with Gasteiger partial charge in [0.05, 0.1) is 17.9 Å². The van der Waals surface area contributed by atoms with Gasteiger partial charge in [-0.05, 0) is 23.3 Å². The van der Waals surface area contributed by atoms with Crippen LogP contribution in [0.25, 0.3) is 33.3 Å². The molecule has 0 aliphatic heterocycles. The first-order valence-electron chi connectivity index (χ1n) is 9.23. The molecule has 136 valence electrons. The van der Waals surface area contributed by atoms with Gasteiger partial charge >= 0.3 is 5.69 Å². The molecule has 5 aromatic rings. The molecule has 0 saturated carbocycles. The van der Waals surface area contributed by atoms with Crippen LogP contribution in [-0.4, -0.2) is 19.5 Å². The van der Waals surface area contributed by atoms with Crippen molar-refractivity contribution in [3.8, 4) is 11.3 Å². The third kappa shape index (κ3) is 2.60. The third-order valence-electron chi connectivity index (χ3n) is 5.16. The van der Waals surface area contributed by atoms with Crippen molar-refractivity contribution in [3.63, 3.8) is 0 Å². The molecule has 0 aliphatic rings. The van der Waals surface area contributed by atoms with E-state index in [0.717, 1.165) is 27.6 Å². The molecule has 28 heavy (non-hydrogen) atoms. The molecule has 5 heteroatoms. The molecule has 1 atom stereocenters. The van der Waals surface area contributed by atoms with Crippen LogP contribution in [0.4, 0.5) is 0 Å². The van der Waals surface area contributed by atoms with E-state index >= 15 is 0 Å².